The molecule has 0 amide bonds. The zero-order chi connectivity index (χ0) is 17.5. The Morgan fingerprint density at radius 3 is 2.19 bits per heavy atom. The molecule has 0 saturated carbocycles. The maximum absolute atomic E-state index is 5.90. The third-order valence-corrected chi connectivity index (χ3v) is 3.84. The number of guanidine groups is 1. The van der Waals surface area contributed by atoms with Gasteiger partial charge in [0, 0.05) is 37.8 Å². The van der Waals surface area contributed by atoms with Crippen molar-refractivity contribution >= 4 is 29.9 Å². The fraction of sp³-hybridized carbons (Fsp3) is 0.316. The molecule has 0 aromatic heterocycles. The minimum absolute atomic E-state index is 0. The third kappa shape index (κ3) is 5.69. The van der Waals surface area contributed by atoms with Gasteiger partial charge in [0.05, 0.1) is 14.2 Å². The highest BCUT2D eigenvalue weighted by atomic mass is 127. The number of hydrogen-bond acceptors (Lipinski definition) is 6. The predicted octanol–water partition coefficient (Wildman–Crippen LogP) is 3.55. The maximum Gasteiger partial charge on any atom is 0.191 e. The zero-order valence-corrected chi connectivity index (χ0v) is 17.3. The summed E-state index contributed by atoms with van der Waals surface area (Å²) in [4.78, 5) is 4.40. The van der Waals surface area contributed by atoms with Gasteiger partial charge < -0.3 is 24.8 Å². The molecular weight excluding hydrogens is 445 g/mol. The van der Waals surface area contributed by atoms with E-state index in [2.05, 4.69) is 15.6 Å². The van der Waals surface area contributed by atoms with Crippen LogP contribution in [0, 0.1) is 0 Å². The van der Waals surface area contributed by atoms with E-state index in [1.165, 1.54) is 0 Å². The second-order valence-corrected chi connectivity index (χ2v) is 5.66. The summed E-state index contributed by atoms with van der Waals surface area (Å²) in [7, 11) is 3.23. The Hall–Kier alpha value is -2.16. The normalized spacial score (nSPS) is 12.9. The molecule has 0 aliphatic carbocycles. The van der Waals surface area contributed by atoms with E-state index in [1.807, 2.05) is 42.5 Å². The highest BCUT2D eigenvalue weighted by molar-refractivity contribution is 14.0. The third-order valence-electron chi connectivity index (χ3n) is 3.84. The molecule has 2 aromatic rings. The van der Waals surface area contributed by atoms with Gasteiger partial charge in [-0.1, -0.05) is 12.1 Å². The summed E-state index contributed by atoms with van der Waals surface area (Å²) in [6.07, 6.45) is 1.09. The molecule has 7 heteroatoms. The van der Waals surface area contributed by atoms with Crippen molar-refractivity contribution in [3.8, 4) is 23.0 Å². The molecule has 1 aliphatic heterocycles. The molecule has 2 N–H and O–H groups in total. The molecule has 0 unspecified atom stereocenters. The first-order valence-electron chi connectivity index (χ1n) is 8.29. The van der Waals surface area contributed by atoms with Crippen molar-refractivity contribution < 1.29 is 14.2 Å². The van der Waals surface area contributed by atoms with Crippen molar-refractivity contribution in [1.29, 1.82) is 0 Å². The Labute approximate surface area is 171 Å². The molecule has 6 nitrogen and oxygen atoms in total. The number of hydrogen-bond donors (Lipinski definition) is 2. The van der Waals surface area contributed by atoms with Crippen LogP contribution in [0.5, 0.6) is 23.0 Å². The van der Waals surface area contributed by atoms with Crippen molar-refractivity contribution in [1.82, 2.24) is 10.6 Å². The van der Waals surface area contributed by atoms with Crippen LogP contribution >= 0.6 is 24.0 Å². The van der Waals surface area contributed by atoms with Crippen LogP contribution in [0.3, 0.4) is 0 Å². The van der Waals surface area contributed by atoms with E-state index in [4.69, 9.17) is 14.2 Å². The van der Waals surface area contributed by atoms with Gasteiger partial charge in [-0.05, 0) is 24.1 Å². The number of methoxy groups -OCH3 is 2. The Morgan fingerprint density at radius 2 is 1.62 bits per heavy atom. The molecule has 0 radical (unpaired) electrons. The first-order valence-corrected chi connectivity index (χ1v) is 8.29. The van der Waals surface area contributed by atoms with Gasteiger partial charge in [-0.25, -0.2) is 0 Å². The van der Waals surface area contributed by atoms with Gasteiger partial charge >= 0.3 is 0 Å². The van der Waals surface area contributed by atoms with E-state index in [-0.39, 0.29) is 24.0 Å². The number of nitrogens with zero attached hydrogens (tertiary/aromatic N) is 1. The van der Waals surface area contributed by atoms with Gasteiger partial charge in [-0.2, -0.15) is 0 Å². The molecule has 2 aromatic carbocycles. The lowest BCUT2D eigenvalue weighted by Gasteiger charge is -2.16. The molecule has 140 valence electrons. The lowest BCUT2D eigenvalue weighted by atomic mass is 10.2. The second-order valence-electron chi connectivity index (χ2n) is 5.66. The highest BCUT2D eigenvalue weighted by Crippen LogP contribution is 2.30. The lowest BCUT2D eigenvalue weighted by molar-refractivity contribution is 0.386. The molecule has 3 rings (SSSR count). The van der Waals surface area contributed by atoms with Gasteiger partial charge in [0.2, 0.25) is 0 Å². The van der Waals surface area contributed by atoms with E-state index in [9.17, 15) is 0 Å². The lowest BCUT2D eigenvalue weighted by Crippen LogP contribution is -2.40. The Bertz CT molecular complexity index is 713. The van der Waals surface area contributed by atoms with Crippen molar-refractivity contribution in [3.63, 3.8) is 0 Å². The average Bonchev–Trinajstić information content (AvgIpc) is 2.68. The predicted molar refractivity (Wildman–Crippen MR) is 113 cm³/mol. The summed E-state index contributed by atoms with van der Waals surface area (Å²) in [6.45, 7) is 2.58. The van der Waals surface area contributed by atoms with Crippen LogP contribution in [-0.2, 0) is 6.54 Å². The Balaban J connectivity index is 0.00000243. The first-order chi connectivity index (χ1) is 12.3. The van der Waals surface area contributed by atoms with Gasteiger partial charge in [0.25, 0.3) is 0 Å². The van der Waals surface area contributed by atoms with Gasteiger partial charge in [0.15, 0.2) is 5.96 Å². The topological polar surface area (TPSA) is 64.1 Å². The average molecular weight is 469 g/mol. The Kier molecular flexibility index (Phi) is 7.83. The fourth-order valence-corrected chi connectivity index (χ4v) is 2.49. The molecule has 1 heterocycles. The monoisotopic (exact) mass is 469 g/mol. The van der Waals surface area contributed by atoms with Crippen molar-refractivity contribution in [2.45, 2.75) is 13.0 Å². The largest absolute Gasteiger partial charge is 0.496 e. The van der Waals surface area contributed by atoms with Crippen LogP contribution < -0.4 is 24.8 Å². The summed E-state index contributed by atoms with van der Waals surface area (Å²) in [5.41, 5.74) is 1.16. The molecule has 26 heavy (non-hydrogen) atoms. The van der Waals surface area contributed by atoms with Crippen molar-refractivity contribution in [2.24, 2.45) is 4.99 Å². The van der Waals surface area contributed by atoms with Gasteiger partial charge in [-0.3, -0.25) is 4.99 Å². The summed E-state index contributed by atoms with van der Waals surface area (Å²) < 4.78 is 16.4. The van der Waals surface area contributed by atoms with Crippen molar-refractivity contribution in [3.05, 3.63) is 48.0 Å². The highest BCUT2D eigenvalue weighted by Gasteiger charge is 2.06. The molecule has 1 aliphatic rings. The molecule has 0 bridgehead atoms. The summed E-state index contributed by atoms with van der Waals surface area (Å²) in [5, 5.41) is 6.55. The zero-order valence-electron chi connectivity index (χ0n) is 15.0. The molecular formula is C19H24IN3O3. The quantitative estimate of drug-likeness (QED) is 0.634. The smallest absolute Gasteiger partial charge is 0.191 e. The van der Waals surface area contributed by atoms with Crippen molar-refractivity contribution in [2.75, 3.05) is 27.3 Å². The minimum Gasteiger partial charge on any atom is -0.496 e. The Morgan fingerprint density at radius 1 is 0.962 bits per heavy atom. The van der Waals surface area contributed by atoms with E-state index < -0.39 is 0 Å². The second kappa shape index (κ2) is 10.1. The van der Waals surface area contributed by atoms with Gasteiger partial charge in [0.1, 0.15) is 23.0 Å². The van der Waals surface area contributed by atoms with Crippen LogP contribution in [0.2, 0.25) is 0 Å². The van der Waals surface area contributed by atoms with Crippen LogP contribution in [0.15, 0.2) is 47.5 Å². The fourth-order valence-electron chi connectivity index (χ4n) is 2.49. The van der Waals surface area contributed by atoms with E-state index in [1.54, 1.807) is 14.2 Å². The van der Waals surface area contributed by atoms with Gasteiger partial charge in [-0.15, -0.1) is 24.0 Å². The first kappa shape index (κ1) is 20.2. The van der Waals surface area contributed by atoms with Crippen LogP contribution in [0.1, 0.15) is 12.0 Å². The van der Waals surface area contributed by atoms with Crippen LogP contribution in [0.25, 0.3) is 0 Å². The standard InChI is InChI=1S/C19H23N3O3.HI/c1-23-16-10-17(24-2)12-18(11-16)25-15-6-4-14(5-7-15)13-22-19-20-8-3-9-21-19;/h4-7,10-12H,3,8-9,13H2,1-2H3,(H2,20,21,22);1H. The van der Waals surface area contributed by atoms with E-state index in [0.717, 1.165) is 43.3 Å². The number of rotatable bonds is 6. The van der Waals surface area contributed by atoms with E-state index in [0.29, 0.717) is 17.2 Å². The number of nitrogens with one attached hydrogen (secondary N) is 2. The SMILES string of the molecule is COc1cc(OC)cc(Oc2ccc(CNC3=NCCCN3)cc2)c1.I. The van der Waals surface area contributed by atoms with Crippen LogP contribution in [-0.4, -0.2) is 33.3 Å². The van der Waals surface area contributed by atoms with E-state index >= 15 is 0 Å². The summed E-state index contributed by atoms with van der Waals surface area (Å²) >= 11 is 0. The number of halogens is 1. The maximum atomic E-state index is 5.90. The molecule has 0 spiro atoms. The van der Waals surface area contributed by atoms with Crippen LogP contribution in [0.4, 0.5) is 0 Å². The summed E-state index contributed by atoms with van der Waals surface area (Å²) in [6, 6.07) is 13.4. The summed E-state index contributed by atoms with van der Waals surface area (Å²) in [5.74, 6) is 3.68. The minimum atomic E-state index is 0. The number of aliphatic imine (C=N–C) groups is 1. The molecule has 0 atom stereocenters. The molecule has 0 fully saturated rings. The number of ether oxygens (including phenoxy) is 3. The molecule has 0 saturated heterocycles. The number of benzene rings is 2.